The molecule has 0 saturated heterocycles. The summed E-state index contributed by atoms with van der Waals surface area (Å²) in [6.07, 6.45) is 3.61. The standard InChI is InChI=1S/C20H36O4/c1-13-11-15(22)17-18(2,3)8-6-9-19(17,4)14(13)7-10-20(5,24)16(23)12-21/h14-17,21-24H,1,6-12H2,2-5H3/t14-,15-,16+,17+,19+,20-/m0/s1. The second-order valence-electron chi connectivity index (χ2n) is 9.40. The minimum atomic E-state index is -1.30. The van der Waals surface area contributed by atoms with Gasteiger partial charge in [-0.25, -0.2) is 0 Å². The van der Waals surface area contributed by atoms with Gasteiger partial charge in [-0.05, 0) is 61.7 Å². The SMILES string of the molecule is C=C1C[C@H](O)[C@@H]2C(C)(C)CCC[C@]2(C)[C@H]1CC[C@](C)(O)[C@H](O)CO. The second-order valence-corrected chi connectivity index (χ2v) is 9.40. The maximum absolute atomic E-state index is 10.8. The first-order valence-corrected chi connectivity index (χ1v) is 9.33. The third kappa shape index (κ3) is 3.44. The molecule has 0 radical (unpaired) electrons. The van der Waals surface area contributed by atoms with Crippen molar-refractivity contribution in [2.75, 3.05) is 6.61 Å². The van der Waals surface area contributed by atoms with Gasteiger partial charge in [-0.2, -0.15) is 0 Å². The Morgan fingerprint density at radius 1 is 1.29 bits per heavy atom. The van der Waals surface area contributed by atoms with Crippen LogP contribution in [0, 0.1) is 22.7 Å². The van der Waals surface area contributed by atoms with E-state index in [4.69, 9.17) is 5.11 Å². The van der Waals surface area contributed by atoms with Gasteiger partial charge in [-0.3, -0.25) is 0 Å². The molecule has 0 spiro atoms. The van der Waals surface area contributed by atoms with Crippen molar-refractivity contribution >= 4 is 0 Å². The van der Waals surface area contributed by atoms with E-state index in [1.807, 2.05) is 0 Å². The number of hydrogen-bond acceptors (Lipinski definition) is 4. The Bertz CT molecular complexity index is 470. The fourth-order valence-electron chi connectivity index (χ4n) is 5.81. The predicted octanol–water partition coefficient (Wildman–Crippen LogP) is 2.64. The van der Waals surface area contributed by atoms with E-state index in [9.17, 15) is 15.3 Å². The zero-order valence-electron chi connectivity index (χ0n) is 15.8. The molecule has 0 bridgehead atoms. The second kappa shape index (κ2) is 6.71. The highest BCUT2D eigenvalue weighted by Crippen LogP contribution is 2.61. The van der Waals surface area contributed by atoms with Gasteiger partial charge >= 0.3 is 0 Å². The highest BCUT2D eigenvalue weighted by atomic mass is 16.4. The molecule has 140 valence electrons. The Kier molecular flexibility index (Phi) is 5.57. The van der Waals surface area contributed by atoms with Crippen LogP contribution in [0.5, 0.6) is 0 Å². The monoisotopic (exact) mass is 340 g/mol. The van der Waals surface area contributed by atoms with Crippen molar-refractivity contribution in [3.8, 4) is 0 Å². The van der Waals surface area contributed by atoms with Crippen LogP contribution >= 0.6 is 0 Å². The molecule has 2 aliphatic rings. The lowest BCUT2D eigenvalue weighted by Gasteiger charge is -2.60. The molecular weight excluding hydrogens is 304 g/mol. The molecule has 0 amide bonds. The van der Waals surface area contributed by atoms with Crippen molar-refractivity contribution in [2.45, 2.75) is 84.0 Å². The van der Waals surface area contributed by atoms with Crippen LogP contribution in [-0.2, 0) is 0 Å². The highest BCUT2D eigenvalue weighted by molar-refractivity contribution is 5.18. The predicted molar refractivity (Wildman–Crippen MR) is 95.4 cm³/mol. The number of fused-ring (bicyclic) bond motifs is 1. The molecule has 0 aromatic heterocycles. The molecule has 4 nitrogen and oxygen atoms in total. The molecule has 4 N–H and O–H groups in total. The highest BCUT2D eigenvalue weighted by Gasteiger charge is 2.56. The van der Waals surface area contributed by atoms with Gasteiger partial charge < -0.3 is 20.4 Å². The number of rotatable bonds is 5. The van der Waals surface area contributed by atoms with E-state index >= 15 is 0 Å². The average molecular weight is 341 g/mol. The van der Waals surface area contributed by atoms with Crippen molar-refractivity contribution in [3.63, 3.8) is 0 Å². The quantitative estimate of drug-likeness (QED) is 0.580. The van der Waals surface area contributed by atoms with Gasteiger partial charge in [0.2, 0.25) is 0 Å². The molecule has 24 heavy (non-hydrogen) atoms. The van der Waals surface area contributed by atoms with Gasteiger partial charge in [0.15, 0.2) is 0 Å². The van der Waals surface area contributed by atoms with Gasteiger partial charge in [0, 0.05) is 0 Å². The van der Waals surface area contributed by atoms with Crippen LogP contribution in [0.4, 0.5) is 0 Å². The summed E-state index contributed by atoms with van der Waals surface area (Å²) in [6, 6.07) is 0. The minimum absolute atomic E-state index is 0.0310. The van der Waals surface area contributed by atoms with Crippen LogP contribution in [0.1, 0.15) is 66.2 Å². The summed E-state index contributed by atoms with van der Waals surface area (Å²) in [6.45, 7) is 12.2. The van der Waals surface area contributed by atoms with Crippen LogP contribution in [0.15, 0.2) is 12.2 Å². The lowest BCUT2D eigenvalue weighted by molar-refractivity contribution is -0.130. The molecule has 4 heteroatoms. The minimum Gasteiger partial charge on any atom is -0.394 e. The zero-order chi connectivity index (χ0) is 18.3. The van der Waals surface area contributed by atoms with Crippen LogP contribution < -0.4 is 0 Å². The Morgan fingerprint density at radius 2 is 1.92 bits per heavy atom. The average Bonchev–Trinajstić information content (AvgIpc) is 2.43. The van der Waals surface area contributed by atoms with Crippen LogP contribution in [0.2, 0.25) is 0 Å². The topological polar surface area (TPSA) is 80.9 Å². The van der Waals surface area contributed by atoms with Gasteiger partial charge in [0.05, 0.1) is 18.3 Å². The molecule has 2 saturated carbocycles. The Balaban J connectivity index is 2.23. The van der Waals surface area contributed by atoms with Crippen LogP contribution in [0.25, 0.3) is 0 Å². The van der Waals surface area contributed by atoms with E-state index in [-0.39, 0.29) is 28.8 Å². The van der Waals surface area contributed by atoms with Crippen LogP contribution in [0.3, 0.4) is 0 Å². The van der Waals surface area contributed by atoms with Crippen LogP contribution in [-0.4, -0.2) is 44.8 Å². The summed E-state index contributed by atoms with van der Waals surface area (Å²) in [5.41, 5.74) is -0.177. The van der Waals surface area contributed by atoms with Gasteiger partial charge in [-0.15, -0.1) is 0 Å². The first kappa shape index (κ1) is 19.9. The molecule has 2 aliphatic carbocycles. The lowest BCUT2D eigenvalue weighted by Crippen LogP contribution is -2.55. The summed E-state index contributed by atoms with van der Waals surface area (Å²) in [5, 5.41) is 40.2. The summed E-state index contributed by atoms with van der Waals surface area (Å²) >= 11 is 0. The third-order valence-corrected chi connectivity index (χ3v) is 7.06. The molecule has 0 aromatic rings. The Morgan fingerprint density at radius 3 is 2.50 bits per heavy atom. The summed E-state index contributed by atoms with van der Waals surface area (Å²) in [5.74, 6) is 0.449. The summed E-state index contributed by atoms with van der Waals surface area (Å²) in [4.78, 5) is 0. The fraction of sp³-hybridized carbons (Fsp3) is 0.900. The number of aliphatic hydroxyl groups is 4. The Hall–Kier alpha value is -0.420. The smallest absolute Gasteiger partial charge is 0.105 e. The first-order valence-electron chi connectivity index (χ1n) is 9.33. The van der Waals surface area contributed by atoms with E-state index in [0.717, 1.165) is 31.3 Å². The van der Waals surface area contributed by atoms with Crippen molar-refractivity contribution in [2.24, 2.45) is 22.7 Å². The van der Waals surface area contributed by atoms with E-state index in [0.29, 0.717) is 12.8 Å². The molecule has 2 rings (SSSR count). The maximum Gasteiger partial charge on any atom is 0.105 e. The molecule has 0 heterocycles. The number of aliphatic hydroxyl groups excluding tert-OH is 3. The Labute approximate surface area is 146 Å². The van der Waals surface area contributed by atoms with Crippen molar-refractivity contribution in [1.29, 1.82) is 0 Å². The molecule has 0 aliphatic heterocycles. The summed E-state index contributed by atoms with van der Waals surface area (Å²) in [7, 11) is 0. The molecule has 0 unspecified atom stereocenters. The zero-order valence-corrected chi connectivity index (χ0v) is 15.8. The molecule has 6 atom stereocenters. The van der Waals surface area contributed by atoms with Gasteiger partial charge in [0.1, 0.15) is 6.10 Å². The van der Waals surface area contributed by atoms with Crippen molar-refractivity contribution < 1.29 is 20.4 Å². The maximum atomic E-state index is 10.8. The first-order chi connectivity index (χ1) is 11.0. The number of hydrogen-bond donors (Lipinski definition) is 4. The summed E-state index contributed by atoms with van der Waals surface area (Å²) < 4.78 is 0. The fourth-order valence-corrected chi connectivity index (χ4v) is 5.81. The van der Waals surface area contributed by atoms with Crippen molar-refractivity contribution in [3.05, 3.63) is 12.2 Å². The van der Waals surface area contributed by atoms with Gasteiger partial charge in [-0.1, -0.05) is 39.3 Å². The normalized spacial score (nSPS) is 39.8. The van der Waals surface area contributed by atoms with Crippen molar-refractivity contribution in [1.82, 2.24) is 0 Å². The molecule has 0 aromatic carbocycles. The lowest BCUT2D eigenvalue weighted by atomic mass is 9.46. The molecule has 2 fully saturated rings. The van der Waals surface area contributed by atoms with Gasteiger partial charge in [0.25, 0.3) is 0 Å². The largest absolute Gasteiger partial charge is 0.394 e. The van der Waals surface area contributed by atoms with E-state index in [1.165, 1.54) is 0 Å². The van der Waals surface area contributed by atoms with E-state index < -0.39 is 18.3 Å². The third-order valence-electron chi connectivity index (χ3n) is 7.06. The van der Waals surface area contributed by atoms with E-state index in [2.05, 4.69) is 27.4 Å². The van der Waals surface area contributed by atoms with E-state index in [1.54, 1.807) is 6.92 Å². The molecular formula is C20H36O4.